The number of carbonyl (C=O) groups is 2. The van der Waals surface area contributed by atoms with Gasteiger partial charge in [-0.05, 0) is 48.8 Å². The summed E-state index contributed by atoms with van der Waals surface area (Å²) >= 11 is 1.72. The highest BCUT2D eigenvalue weighted by Crippen LogP contribution is 2.36. The van der Waals surface area contributed by atoms with Crippen molar-refractivity contribution in [1.29, 1.82) is 0 Å². The number of benzene rings is 1. The molecule has 4 nitrogen and oxygen atoms in total. The average molecular weight is 385 g/mol. The van der Waals surface area contributed by atoms with Crippen LogP contribution in [0.3, 0.4) is 0 Å². The van der Waals surface area contributed by atoms with E-state index in [1.807, 2.05) is 18.7 Å². The molecular formula is C22H28N2O2S. The molecule has 27 heavy (non-hydrogen) atoms. The Bertz CT molecular complexity index is 787. The van der Waals surface area contributed by atoms with E-state index in [1.54, 1.807) is 11.3 Å². The SMILES string of the molecule is CCCC(=O)N1CC[C@](Cc2cccc(-c3cccs3)c2)(C(=O)NCC)C1. The van der Waals surface area contributed by atoms with Crippen LogP contribution in [0, 0.1) is 5.41 Å². The third kappa shape index (κ3) is 4.41. The highest BCUT2D eigenvalue weighted by Gasteiger charge is 2.45. The van der Waals surface area contributed by atoms with Gasteiger partial charge in [0.15, 0.2) is 0 Å². The van der Waals surface area contributed by atoms with E-state index >= 15 is 0 Å². The van der Waals surface area contributed by atoms with Crippen LogP contribution in [-0.2, 0) is 16.0 Å². The minimum absolute atomic E-state index is 0.0679. The molecule has 1 N–H and O–H groups in total. The molecular weight excluding hydrogens is 356 g/mol. The Morgan fingerprint density at radius 2 is 2.07 bits per heavy atom. The first-order valence-corrected chi connectivity index (χ1v) is 10.6. The van der Waals surface area contributed by atoms with Gasteiger partial charge in [-0.15, -0.1) is 11.3 Å². The summed E-state index contributed by atoms with van der Waals surface area (Å²) in [4.78, 5) is 28.4. The van der Waals surface area contributed by atoms with Crippen LogP contribution in [0.5, 0.6) is 0 Å². The summed E-state index contributed by atoms with van der Waals surface area (Å²) in [5.74, 6) is 0.231. The van der Waals surface area contributed by atoms with E-state index in [-0.39, 0.29) is 11.8 Å². The van der Waals surface area contributed by atoms with Crippen molar-refractivity contribution in [1.82, 2.24) is 10.2 Å². The number of hydrogen-bond acceptors (Lipinski definition) is 3. The Morgan fingerprint density at radius 1 is 1.22 bits per heavy atom. The van der Waals surface area contributed by atoms with Gasteiger partial charge in [-0.2, -0.15) is 0 Å². The van der Waals surface area contributed by atoms with E-state index in [2.05, 4.69) is 47.1 Å². The van der Waals surface area contributed by atoms with Crippen LogP contribution in [0.25, 0.3) is 10.4 Å². The molecule has 2 heterocycles. The zero-order chi connectivity index (χ0) is 19.3. The highest BCUT2D eigenvalue weighted by molar-refractivity contribution is 7.13. The van der Waals surface area contributed by atoms with E-state index in [9.17, 15) is 9.59 Å². The lowest BCUT2D eigenvalue weighted by Crippen LogP contribution is -2.45. The Labute approximate surface area is 165 Å². The molecule has 1 saturated heterocycles. The molecule has 0 spiro atoms. The van der Waals surface area contributed by atoms with Crippen LogP contribution in [0.2, 0.25) is 0 Å². The summed E-state index contributed by atoms with van der Waals surface area (Å²) in [5, 5.41) is 5.08. The number of nitrogens with one attached hydrogen (secondary N) is 1. The van der Waals surface area contributed by atoms with Gasteiger partial charge in [0.1, 0.15) is 0 Å². The quantitative estimate of drug-likeness (QED) is 0.781. The van der Waals surface area contributed by atoms with Crippen molar-refractivity contribution in [2.75, 3.05) is 19.6 Å². The highest BCUT2D eigenvalue weighted by atomic mass is 32.1. The van der Waals surface area contributed by atoms with Crippen LogP contribution in [0.4, 0.5) is 0 Å². The summed E-state index contributed by atoms with van der Waals surface area (Å²) in [6.07, 6.45) is 2.77. The maximum atomic E-state index is 13.0. The second kappa shape index (κ2) is 8.70. The molecule has 1 aromatic carbocycles. The van der Waals surface area contributed by atoms with Crippen LogP contribution in [0.15, 0.2) is 41.8 Å². The standard InChI is InChI=1S/C22H28N2O2S/c1-3-7-20(25)24-12-11-22(16-24,21(26)23-4-2)15-17-8-5-9-18(14-17)19-10-6-13-27-19/h5-6,8-10,13-14H,3-4,7,11-12,15-16H2,1-2H3,(H,23,26)/t22-/m1/s1. The molecule has 2 aromatic rings. The fourth-order valence-corrected chi connectivity index (χ4v) is 4.61. The van der Waals surface area contributed by atoms with E-state index in [1.165, 1.54) is 10.4 Å². The molecule has 1 aliphatic heterocycles. The fraction of sp³-hybridized carbons (Fsp3) is 0.455. The third-order valence-corrected chi connectivity index (χ3v) is 6.18. The molecule has 1 aromatic heterocycles. The van der Waals surface area contributed by atoms with E-state index in [0.717, 1.165) is 18.4 Å². The van der Waals surface area contributed by atoms with Crippen LogP contribution >= 0.6 is 11.3 Å². The van der Waals surface area contributed by atoms with Gasteiger partial charge in [0.25, 0.3) is 0 Å². The van der Waals surface area contributed by atoms with Gasteiger partial charge in [-0.3, -0.25) is 9.59 Å². The topological polar surface area (TPSA) is 49.4 Å². The largest absolute Gasteiger partial charge is 0.356 e. The molecule has 1 aliphatic rings. The Morgan fingerprint density at radius 3 is 2.78 bits per heavy atom. The molecule has 1 fully saturated rings. The predicted octanol–water partition coefficient (Wildman–Crippen LogP) is 4.11. The van der Waals surface area contributed by atoms with Crippen molar-refractivity contribution >= 4 is 23.2 Å². The smallest absolute Gasteiger partial charge is 0.228 e. The van der Waals surface area contributed by atoms with E-state index in [4.69, 9.17) is 0 Å². The number of carbonyl (C=O) groups excluding carboxylic acids is 2. The van der Waals surface area contributed by atoms with Crippen molar-refractivity contribution < 1.29 is 9.59 Å². The Balaban J connectivity index is 1.84. The number of thiophene rings is 1. The second-order valence-corrected chi connectivity index (χ2v) is 8.26. The van der Waals surface area contributed by atoms with E-state index < -0.39 is 5.41 Å². The lowest BCUT2D eigenvalue weighted by Gasteiger charge is -2.28. The summed E-state index contributed by atoms with van der Waals surface area (Å²) in [6, 6.07) is 12.6. The van der Waals surface area contributed by atoms with Gasteiger partial charge in [0.05, 0.1) is 5.41 Å². The molecule has 0 bridgehead atoms. The molecule has 0 unspecified atom stereocenters. The van der Waals surface area contributed by atoms with Crippen molar-refractivity contribution in [3.8, 4) is 10.4 Å². The van der Waals surface area contributed by atoms with Gasteiger partial charge in [0.2, 0.25) is 11.8 Å². The summed E-state index contributed by atoms with van der Waals surface area (Å²) in [6.45, 7) is 5.75. The zero-order valence-corrected chi connectivity index (χ0v) is 17.0. The fourth-order valence-electron chi connectivity index (χ4n) is 3.88. The number of rotatable bonds is 7. The van der Waals surface area contributed by atoms with E-state index in [0.29, 0.717) is 32.5 Å². The molecule has 3 rings (SSSR count). The number of nitrogens with zero attached hydrogens (tertiary/aromatic N) is 1. The molecule has 144 valence electrons. The molecule has 5 heteroatoms. The predicted molar refractivity (Wildman–Crippen MR) is 111 cm³/mol. The maximum Gasteiger partial charge on any atom is 0.228 e. The lowest BCUT2D eigenvalue weighted by atomic mass is 9.79. The summed E-state index contributed by atoms with van der Waals surface area (Å²) < 4.78 is 0. The van der Waals surface area contributed by atoms with Crippen LogP contribution in [0.1, 0.15) is 38.7 Å². The first-order chi connectivity index (χ1) is 13.1. The summed E-state index contributed by atoms with van der Waals surface area (Å²) in [7, 11) is 0. The van der Waals surface area contributed by atoms with Crippen molar-refractivity contribution in [3.63, 3.8) is 0 Å². The normalized spacial score (nSPS) is 19.3. The van der Waals surface area contributed by atoms with Crippen LogP contribution < -0.4 is 5.32 Å². The monoisotopic (exact) mass is 384 g/mol. The average Bonchev–Trinajstić information content (AvgIpc) is 3.33. The minimum atomic E-state index is -0.534. The number of likely N-dealkylation sites (tertiary alicyclic amines) is 1. The van der Waals surface area contributed by atoms with Gasteiger partial charge in [-0.1, -0.05) is 37.3 Å². The minimum Gasteiger partial charge on any atom is -0.356 e. The first-order valence-electron chi connectivity index (χ1n) is 9.77. The lowest BCUT2D eigenvalue weighted by molar-refractivity contribution is -0.133. The van der Waals surface area contributed by atoms with Crippen molar-refractivity contribution in [3.05, 3.63) is 47.3 Å². The van der Waals surface area contributed by atoms with Gasteiger partial charge in [-0.25, -0.2) is 0 Å². The molecule has 1 atom stereocenters. The molecule has 0 radical (unpaired) electrons. The number of amides is 2. The molecule has 2 amide bonds. The molecule has 0 aliphatic carbocycles. The van der Waals surface area contributed by atoms with Crippen LogP contribution in [-0.4, -0.2) is 36.3 Å². The zero-order valence-electron chi connectivity index (χ0n) is 16.2. The molecule has 0 saturated carbocycles. The van der Waals surface area contributed by atoms with Gasteiger partial charge in [0, 0.05) is 30.9 Å². The third-order valence-electron chi connectivity index (χ3n) is 5.26. The van der Waals surface area contributed by atoms with Crippen molar-refractivity contribution in [2.45, 2.75) is 39.5 Å². The Hall–Kier alpha value is -2.14. The second-order valence-electron chi connectivity index (χ2n) is 7.31. The van der Waals surface area contributed by atoms with Gasteiger partial charge >= 0.3 is 0 Å². The first kappa shape index (κ1) is 19.6. The summed E-state index contributed by atoms with van der Waals surface area (Å²) in [5.41, 5.74) is 1.80. The maximum absolute atomic E-state index is 13.0. The Kier molecular flexibility index (Phi) is 6.32. The number of hydrogen-bond donors (Lipinski definition) is 1. The van der Waals surface area contributed by atoms with Gasteiger partial charge < -0.3 is 10.2 Å². The van der Waals surface area contributed by atoms with Crippen molar-refractivity contribution in [2.24, 2.45) is 5.41 Å².